The molecule has 0 saturated heterocycles. The predicted molar refractivity (Wildman–Crippen MR) is 92.6 cm³/mol. The van der Waals surface area contributed by atoms with Gasteiger partial charge in [-0.15, -0.1) is 11.8 Å². The third-order valence-corrected chi connectivity index (χ3v) is 5.44. The molecule has 1 aromatic carbocycles. The van der Waals surface area contributed by atoms with Gasteiger partial charge in [0.05, 0.1) is 10.2 Å². The van der Waals surface area contributed by atoms with Gasteiger partial charge in [-0.2, -0.15) is 0 Å². The molecule has 0 aromatic heterocycles. The summed E-state index contributed by atoms with van der Waals surface area (Å²) >= 11 is 1.45. The van der Waals surface area contributed by atoms with Crippen molar-refractivity contribution >= 4 is 23.4 Å². The normalized spacial score (nSPS) is 16.8. The third-order valence-electron chi connectivity index (χ3n) is 4.34. The summed E-state index contributed by atoms with van der Waals surface area (Å²) in [6.45, 7) is 2.73. The fraction of sp³-hybridized carbons (Fsp3) is 0.588. The van der Waals surface area contributed by atoms with Crippen molar-refractivity contribution in [2.24, 2.45) is 5.92 Å². The summed E-state index contributed by atoms with van der Waals surface area (Å²) in [7, 11) is 1.88. The van der Waals surface area contributed by atoms with Gasteiger partial charge in [-0.05, 0) is 37.8 Å². The number of carbonyl (C=O) groups excluding carboxylic acids is 1. The lowest BCUT2D eigenvalue weighted by Crippen LogP contribution is -2.37. The zero-order valence-corrected chi connectivity index (χ0v) is 14.6. The number of amides is 1. The van der Waals surface area contributed by atoms with E-state index in [1.54, 1.807) is 12.1 Å². The molecule has 0 radical (unpaired) electrons. The number of carbonyl (C=O) groups is 1. The Morgan fingerprint density at radius 1 is 1.30 bits per heavy atom. The van der Waals surface area contributed by atoms with Gasteiger partial charge in [-0.25, -0.2) is 0 Å². The summed E-state index contributed by atoms with van der Waals surface area (Å²) < 4.78 is 0. The van der Waals surface area contributed by atoms with E-state index in [-0.39, 0.29) is 16.8 Å². The van der Waals surface area contributed by atoms with Gasteiger partial charge in [0.2, 0.25) is 5.91 Å². The lowest BCUT2D eigenvalue weighted by molar-refractivity contribution is -0.384. The second-order valence-electron chi connectivity index (χ2n) is 6.23. The highest BCUT2D eigenvalue weighted by molar-refractivity contribution is 8.00. The molecular formula is C17H24N2O3S. The first kappa shape index (κ1) is 17.8. The topological polar surface area (TPSA) is 63.5 Å². The lowest BCUT2D eigenvalue weighted by Gasteiger charge is -2.28. The van der Waals surface area contributed by atoms with Crippen LogP contribution in [-0.2, 0) is 4.79 Å². The molecule has 6 heteroatoms. The molecule has 1 aliphatic rings. The third kappa shape index (κ3) is 5.23. The summed E-state index contributed by atoms with van der Waals surface area (Å²) in [4.78, 5) is 25.5. The fourth-order valence-corrected chi connectivity index (χ4v) is 4.04. The maximum atomic E-state index is 12.5. The number of nitrogens with zero attached hydrogens (tertiary/aromatic N) is 2. The molecule has 1 saturated carbocycles. The van der Waals surface area contributed by atoms with Crippen LogP contribution >= 0.6 is 11.8 Å². The molecular weight excluding hydrogens is 312 g/mol. The molecule has 0 N–H and O–H groups in total. The lowest BCUT2D eigenvalue weighted by atomic mass is 9.89. The minimum absolute atomic E-state index is 0.0720. The van der Waals surface area contributed by atoms with Gasteiger partial charge < -0.3 is 4.90 Å². The predicted octanol–water partition coefficient (Wildman–Crippen LogP) is 4.11. The van der Waals surface area contributed by atoms with Gasteiger partial charge in [0, 0.05) is 30.6 Å². The molecule has 0 bridgehead atoms. The number of thioether (sulfide) groups is 1. The Kier molecular flexibility index (Phi) is 6.45. The standard InChI is InChI=1S/C17H24N2O3S/c1-13(23-16-10-8-15(9-11-16)19(21)22)17(20)18(2)12-14-6-4-3-5-7-14/h8-11,13-14H,3-7,12H2,1-2H3. The molecule has 0 spiro atoms. The van der Waals surface area contributed by atoms with Crippen molar-refractivity contribution in [2.75, 3.05) is 13.6 Å². The van der Waals surface area contributed by atoms with Crippen LogP contribution in [0.15, 0.2) is 29.2 Å². The van der Waals surface area contributed by atoms with Gasteiger partial charge >= 0.3 is 0 Å². The van der Waals surface area contributed by atoms with Crippen molar-refractivity contribution in [3.05, 3.63) is 34.4 Å². The van der Waals surface area contributed by atoms with Gasteiger partial charge in [-0.1, -0.05) is 19.3 Å². The van der Waals surface area contributed by atoms with Crippen LogP contribution in [0.1, 0.15) is 39.0 Å². The van der Waals surface area contributed by atoms with Crippen molar-refractivity contribution in [1.29, 1.82) is 0 Å². The summed E-state index contributed by atoms with van der Waals surface area (Å²) in [5.74, 6) is 0.758. The molecule has 1 unspecified atom stereocenters. The van der Waals surface area contributed by atoms with Crippen molar-refractivity contribution in [1.82, 2.24) is 4.90 Å². The second-order valence-corrected chi connectivity index (χ2v) is 7.65. The highest BCUT2D eigenvalue weighted by atomic mass is 32.2. The molecule has 23 heavy (non-hydrogen) atoms. The van der Waals surface area contributed by atoms with Crippen LogP contribution in [0.25, 0.3) is 0 Å². The maximum Gasteiger partial charge on any atom is 0.269 e. The number of hydrogen-bond donors (Lipinski definition) is 0. The summed E-state index contributed by atoms with van der Waals surface area (Å²) in [5, 5.41) is 10.5. The largest absolute Gasteiger partial charge is 0.345 e. The highest BCUT2D eigenvalue weighted by Crippen LogP contribution is 2.28. The molecule has 0 aliphatic heterocycles. The molecule has 0 heterocycles. The van der Waals surface area contributed by atoms with E-state index in [9.17, 15) is 14.9 Å². The van der Waals surface area contributed by atoms with Crippen molar-refractivity contribution < 1.29 is 9.72 Å². The molecule has 1 aliphatic carbocycles. The zero-order valence-electron chi connectivity index (χ0n) is 13.7. The monoisotopic (exact) mass is 336 g/mol. The fourth-order valence-electron chi connectivity index (χ4n) is 3.06. The van der Waals surface area contributed by atoms with Gasteiger partial charge in [0.1, 0.15) is 0 Å². The van der Waals surface area contributed by atoms with Crippen LogP contribution in [0.5, 0.6) is 0 Å². The van der Waals surface area contributed by atoms with Crippen LogP contribution in [0.4, 0.5) is 5.69 Å². The Balaban J connectivity index is 1.86. The van der Waals surface area contributed by atoms with Crippen LogP contribution in [0.2, 0.25) is 0 Å². The summed E-state index contributed by atoms with van der Waals surface area (Å²) in [5.41, 5.74) is 0.0720. The van der Waals surface area contributed by atoms with E-state index in [0.717, 1.165) is 11.4 Å². The van der Waals surface area contributed by atoms with E-state index in [2.05, 4.69) is 0 Å². The first-order chi connectivity index (χ1) is 11.0. The van der Waals surface area contributed by atoms with E-state index in [1.165, 1.54) is 56.0 Å². The number of rotatable bonds is 6. The molecule has 2 rings (SSSR count). The van der Waals surface area contributed by atoms with E-state index in [0.29, 0.717) is 5.92 Å². The average Bonchev–Trinajstić information content (AvgIpc) is 2.55. The van der Waals surface area contributed by atoms with E-state index < -0.39 is 4.92 Å². The van der Waals surface area contributed by atoms with E-state index >= 15 is 0 Å². The van der Waals surface area contributed by atoms with Gasteiger partial charge in [-0.3, -0.25) is 14.9 Å². The van der Waals surface area contributed by atoms with Crippen molar-refractivity contribution in [3.63, 3.8) is 0 Å². The first-order valence-corrected chi connectivity index (χ1v) is 9.01. The highest BCUT2D eigenvalue weighted by Gasteiger charge is 2.22. The number of benzene rings is 1. The Hall–Kier alpha value is -1.56. The second kappa shape index (κ2) is 8.34. The molecule has 1 atom stereocenters. The van der Waals surface area contributed by atoms with Gasteiger partial charge in [0.25, 0.3) is 5.69 Å². The molecule has 5 nitrogen and oxygen atoms in total. The minimum atomic E-state index is -0.416. The zero-order chi connectivity index (χ0) is 16.8. The maximum absolute atomic E-state index is 12.5. The van der Waals surface area contributed by atoms with E-state index in [4.69, 9.17) is 0 Å². The molecule has 1 fully saturated rings. The van der Waals surface area contributed by atoms with Crippen LogP contribution in [0.3, 0.4) is 0 Å². The minimum Gasteiger partial charge on any atom is -0.345 e. The molecule has 126 valence electrons. The Morgan fingerprint density at radius 3 is 2.48 bits per heavy atom. The Morgan fingerprint density at radius 2 is 1.91 bits per heavy atom. The van der Waals surface area contributed by atoms with Crippen molar-refractivity contribution in [2.45, 2.75) is 49.2 Å². The van der Waals surface area contributed by atoms with Crippen LogP contribution in [0, 0.1) is 16.0 Å². The number of nitro benzene ring substituents is 1. The molecule has 1 amide bonds. The SMILES string of the molecule is CC(Sc1ccc([N+](=O)[O-])cc1)C(=O)N(C)CC1CCCCC1. The van der Waals surface area contributed by atoms with Crippen LogP contribution < -0.4 is 0 Å². The number of nitro groups is 1. The van der Waals surface area contributed by atoms with Gasteiger partial charge in [0.15, 0.2) is 0 Å². The summed E-state index contributed by atoms with van der Waals surface area (Å²) in [6, 6.07) is 6.36. The quantitative estimate of drug-likeness (QED) is 0.445. The molecule has 1 aromatic rings. The Bertz CT molecular complexity index is 541. The first-order valence-electron chi connectivity index (χ1n) is 8.13. The average molecular weight is 336 g/mol. The number of hydrogen-bond acceptors (Lipinski definition) is 4. The van der Waals surface area contributed by atoms with E-state index in [1.807, 2.05) is 18.9 Å². The van der Waals surface area contributed by atoms with Crippen molar-refractivity contribution in [3.8, 4) is 0 Å². The number of non-ortho nitro benzene ring substituents is 1. The Labute approximate surface area is 141 Å². The van der Waals surface area contributed by atoms with Crippen LogP contribution in [-0.4, -0.2) is 34.6 Å². The smallest absolute Gasteiger partial charge is 0.269 e. The summed E-state index contributed by atoms with van der Waals surface area (Å²) in [6.07, 6.45) is 6.32.